The summed E-state index contributed by atoms with van der Waals surface area (Å²) in [6.07, 6.45) is 1.94. The highest BCUT2D eigenvalue weighted by molar-refractivity contribution is 7.13. The van der Waals surface area contributed by atoms with Crippen molar-refractivity contribution in [1.82, 2.24) is 4.98 Å². The highest BCUT2D eigenvalue weighted by atomic mass is 35.5. The maximum atomic E-state index is 5.51. The van der Waals surface area contributed by atoms with Gasteiger partial charge in [-0.2, -0.15) is 0 Å². The first kappa shape index (κ1) is 14.2. The highest BCUT2D eigenvalue weighted by Crippen LogP contribution is 2.24. The fourth-order valence-corrected chi connectivity index (χ4v) is 2.45. The van der Waals surface area contributed by atoms with E-state index in [1.54, 1.807) is 11.3 Å². The predicted molar refractivity (Wildman–Crippen MR) is 76.9 cm³/mol. The number of nitrogens with two attached hydrogens (primary N) is 1. The fraction of sp³-hybridized carbons (Fsp3) is 0.308. The van der Waals surface area contributed by atoms with Gasteiger partial charge in [0.15, 0.2) is 0 Å². The summed E-state index contributed by atoms with van der Waals surface area (Å²) < 4.78 is 0. The van der Waals surface area contributed by atoms with E-state index < -0.39 is 0 Å². The van der Waals surface area contributed by atoms with Crippen LogP contribution in [0.1, 0.15) is 18.2 Å². The SMILES string of the molecule is CCc1ccc(-c2nc(CCN)cs2)cc1.Cl. The highest BCUT2D eigenvalue weighted by Gasteiger charge is 2.03. The number of hydrogen-bond donors (Lipinski definition) is 1. The molecule has 2 rings (SSSR count). The zero-order chi connectivity index (χ0) is 11.4. The van der Waals surface area contributed by atoms with Gasteiger partial charge in [0.2, 0.25) is 0 Å². The van der Waals surface area contributed by atoms with E-state index in [-0.39, 0.29) is 12.4 Å². The van der Waals surface area contributed by atoms with Crippen molar-refractivity contribution < 1.29 is 0 Å². The molecular weight excluding hydrogens is 252 g/mol. The van der Waals surface area contributed by atoms with Gasteiger partial charge in [-0.25, -0.2) is 4.98 Å². The summed E-state index contributed by atoms with van der Waals surface area (Å²) in [6.45, 7) is 2.83. The van der Waals surface area contributed by atoms with Gasteiger partial charge in [0.05, 0.1) is 5.69 Å². The van der Waals surface area contributed by atoms with Crippen molar-refractivity contribution in [1.29, 1.82) is 0 Å². The molecule has 0 saturated heterocycles. The molecule has 1 aromatic heterocycles. The molecule has 0 radical (unpaired) electrons. The Bertz CT molecular complexity index is 451. The van der Waals surface area contributed by atoms with Crippen LogP contribution in [0, 0.1) is 0 Å². The van der Waals surface area contributed by atoms with Crippen molar-refractivity contribution in [3.63, 3.8) is 0 Å². The molecule has 92 valence electrons. The summed E-state index contributed by atoms with van der Waals surface area (Å²) in [5.41, 5.74) is 9.17. The molecule has 0 aliphatic heterocycles. The predicted octanol–water partition coefficient (Wildman–Crippen LogP) is 3.30. The van der Waals surface area contributed by atoms with E-state index in [2.05, 4.69) is 41.6 Å². The van der Waals surface area contributed by atoms with Gasteiger partial charge in [-0.1, -0.05) is 31.2 Å². The Morgan fingerprint density at radius 2 is 1.94 bits per heavy atom. The van der Waals surface area contributed by atoms with Crippen LogP contribution in [0.5, 0.6) is 0 Å². The van der Waals surface area contributed by atoms with Crippen molar-refractivity contribution in [3.05, 3.63) is 40.9 Å². The van der Waals surface area contributed by atoms with Gasteiger partial charge in [0.25, 0.3) is 0 Å². The minimum atomic E-state index is 0. The number of thiazole rings is 1. The smallest absolute Gasteiger partial charge is 0.123 e. The summed E-state index contributed by atoms with van der Waals surface area (Å²) in [7, 11) is 0. The molecule has 17 heavy (non-hydrogen) atoms. The van der Waals surface area contributed by atoms with Crippen LogP contribution in [0.25, 0.3) is 10.6 Å². The number of benzene rings is 1. The van der Waals surface area contributed by atoms with Gasteiger partial charge in [0, 0.05) is 17.4 Å². The second kappa shape index (κ2) is 6.74. The summed E-state index contributed by atoms with van der Waals surface area (Å²) in [5, 5.41) is 3.18. The first-order valence-electron chi connectivity index (χ1n) is 5.57. The summed E-state index contributed by atoms with van der Waals surface area (Å²) in [4.78, 5) is 4.56. The monoisotopic (exact) mass is 268 g/mol. The molecule has 0 saturated carbocycles. The number of aryl methyl sites for hydroxylation is 1. The third-order valence-corrected chi connectivity index (χ3v) is 3.50. The average Bonchev–Trinajstić information content (AvgIpc) is 2.78. The molecule has 1 aromatic carbocycles. The van der Waals surface area contributed by atoms with Crippen LogP contribution in [0.15, 0.2) is 29.6 Å². The molecule has 1 heterocycles. The number of hydrogen-bond acceptors (Lipinski definition) is 3. The molecule has 2 N–H and O–H groups in total. The summed E-state index contributed by atoms with van der Waals surface area (Å²) in [6, 6.07) is 8.62. The number of rotatable bonds is 4. The molecule has 0 unspecified atom stereocenters. The van der Waals surface area contributed by atoms with Crippen molar-refractivity contribution in [3.8, 4) is 10.6 Å². The van der Waals surface area contributed by atoms with Gasteiger partial charge in [-0.3, -0.25) is 0 Å². The minimum absolute atomic E-state index is 0. The second-order valence-electron chi connectivity index (χ2n) is 3.73. The van der Waals surface area contributed by atoms with Crippen molar-refractivity contribution in [2.45, 2.75) is 19.8 Å². The second-order valence-corrected chi connectivity index (χ2v) is 4.59. The van der Waals surface area contributed by atoms with Crippen LogP contribution in [0.2, 0.25) is 0 Å². The van der Waals surface area contributed by atoms with E-state index in [9.17, 15) is 0 Å². The minimum Gasteiger partial charge on any atom is -0.330 e. The Hall–Kier alpha value is -0.900. The lowest BCUT2D eigenvalue weighted by Gasteiger charge is -1.98. The van der Waals surface area contributed by atoms with Crippen LogP contribution < -0.4 is 5.73 Å². The zero-order valence-electron chi connectivity index (χ0n) is 9.85. The number of nitrogens with zero attached hydrogens (tertiary/aromatic N) is 1. The molecule has 4 heteroatoms. The Balaban J connectivity index is 0.00000144. The Morgan fingerprint density at radius 1 is 1.24 bits per heavy atom. The van der Waals surface area contributed by atoms with Gasteiger partial charge >= 0.3 is 0 Å². The first-order chi connectivity index (χ1) is 7.83. The average molecular weight is 269 g/mol. The van der Waals surface area contributed by atoms with Gasteiger partial charge < -0.3 is 5.73 Å². The molecular formula is C13H17ClN2S. The third kappa shape index (κ3) is 3.53. The van der Waals surface area contributed by atoms with E-state index in [1.807, 2.05) is 0 Å². The molecule has 0 spiro atoms. The van der Waals surface area contributed by atoms with Crippen LogP contribution >= 0.6 is 23.7 Å². The molecule has 0 fully saturated rings. The fourth-order valence-electron chi connectivity index (χ4n) is 1.59. The maximum Gasteiger partial charge on any atom is 0.123 e. The molecule has 0 aliphatic rings. The maximum absolute atomic E-state index is 5.51. The lowest BCUT2D eigenvalue weighted by Crippen LogP contribution is -2.02. The normalized spacial score (nSPS) is 10.0. The molecule has 0 amide bonds. The van der Waals surface area contributed by atoms with Gasteiger partial charge in [0.1, 0.15) is 5.01 Å². The van der Waals surface area contributed by atoms with Gasteiger partial charge in [-0.05, 0) is 18.5 Å². The lowest BCUT2D eigenvalue weighted by molar-refractivity contribution is 0.936. The summed E-state index contributed by atoms with van der Waals surface area (Å²) >= 11 is 1.69. The third-order valence-electron chi connectivity index (χ3n) is 2.56. The van der Waals surface area contributed by atoms with Crippen LogP contribution in [-0.2, 0) is 12.8 Å². The van der Waals surface area contributed by atoms with Crippen molar-refractivity contribution >= 4 is 23.7 Å². The topological polar surface area (TPSA) is 38.9 Å². The Labute approximate surface area is 112 Å². The van der Waals surface area contributed by atoms with E-state index in [1.165, 1.54) is 11.1 Å². The molecule has 0 bridgehead atoms. The molecule has 2 nitrogen and oxygen atoms in total. The van der Waals surface area contributed by atoms with E-state index in [4.69, 9.17) is 5.73 Å². The lowest BCUT2D eigenvalue weighted by atomic mass is 10.1. The largest absolute Gasteiger partial charge is 0.330 e. The van der Waals surface area contributed by atoms with Crippen LogP contribution in [-0.4, -0.2) is 11.5 Å². The first-order valence-corrected chi connectivity index (χ1v) is 6.45. The van der Waals surface area contributed by atoms with Crippen LogP contribution in [0.3, 0.4) is 0 Å². The van der Waals surface area contributed by atoms with E-state index in [0.717, 1.165) is 23.5 Å². The molecule has 0 atom stereocenters. The van der Waals surface area contributed by atoms with Crippen molar-refractivity contribution in [2.75, 3.05) is 6.54 Å². The van der Waals surface area contributed by atoms with Crippen LogP contribution in [0.4, 0.5) is 0 Å². The molecule has 0 aliphatic carbocycles. The van der Waals surface area contributed by atoms with Gasteiger partial charge in [-0.15, -0.1) is 23.7 Å². The number of halogens is 1. The quantitative estimate of drug-likeness (QED) is 0.924. The molecule has 2 aromatic rings. The Morgan fingerprint density at radius 3 is 2.53 bits per heavy atom. The van der Waals surface area contributed by atoms with Crippen molar-refractivity contribution in [2.24, 2.45) is 5.73 Å². The van der Waals surface area contributed by atoms with E-state index in [0.29, 0.717) is 6.54 Å². The van der Waals surface area contributed by atoms with E-state index >= 15 is 0 Å². The Kier molecular flexibility index (Phi) is 5.62. The number of aromatic nitrogens is 1. The standard InChI is InChI=1S/C13H16N2S.ClH/c1-2-10-3-5-11(6-4-10)13-15-12(7-8-14)9-16-13;/h3-6,9H,2,7-8,14H2,1H3;1H. The summed E-state index contributed by atoms with van der Waals surface area (Å²) in [5.74, 6) is 0. The zero-order valence-corrected chi connectivity index (χ0v) is 11.5.